The zero-order valence-corrected chi connectivity index (χ0v) is 8.68. The zero-order chi connectivity index (χ0) is 9.31. The van der Waals surface area contributed by atoms with E-state index in [1.807, 2.05) is 0 Å². The van der Waals surface area contributed by atoms with Crippen molar-refractivity contribution in [2.45, 2.75) is 32.2 Å². The Balaban J connectivity index is 2.23. The van der Waals surface area contributed by atoms with E-state index < -0.39 is 0 Å². The van der Waals surface area contributed by atoms with Crippen molar-refractivity contribution in [1.82, 2.24) is 4.90 Å². The van der Waals surface area contributed by atoms with Crippen LogP contribution in [-0.2, 0) is 4.74 Å². The zero-order valence-electron chi connectivity index (χ0n) is 8.68. The minimum atomic E-state index is 0.295. The number of hydrogen-bond donors (Lipinski definition) is 0. The highest BCUT2D eigenvalue weighted by atomic mass is 16.5. The summed E-state index contributed by atoms with van der Waals surface area (Å²) in [5, 5.41) is 0. The summed E-state index contributed by atoms with van der Waals surface area (Å²) < 4.78 is 5.56. The number of nitrogens with zero attached hydrogens (tertiary/aromatic N) is 1. The second-order valence-electron chi connectivity index (χ2n) is 3.96. The number of likely N-dealkylation sites (N-methyl/N-ethyl adjacent to an activating group) is 1. The first kappa shape index (κ1) is 9.22. The monoisotopic (exact) mass is 181 g/mol. The molecule has 1 spiro atoms. The molecule has 0 aromatic heterocycles. The Morgan fingerprint density at radius 2 is 2.38 bits per heavy atom. The molecule has 1 saturated heterocycles. The van der Waals surface area contributed by atoms with E-state index in [1.54, 1.807) is 5.57 Å². The van der Waals surface area contributed by atoms with Crippen LogP contribution in [-0.4, -0.2) is 36.7 Å². The lowest BCUT2D eigenvalue weighted by molar-refractivity contribution is 0.117. The van der Waals surface area contributed by atoms with Gasteiger partial charge in [-0.15, -0.1) is 0 Å². The molecule has 0 bridgehead atoms. The van der Waals surface area contributed by atoms with Gasteiger partial charge >= 0.3 is 0 Å². The van der Waals surface area contributed by atoms with Crippen LogP contribution in [0.3, 0.4) is 0 Å². The predicted octanol–water partition coefficient (Wildman–Crippen LogP) is 1.82. The summed E-state index contributed by atoms with van der Waals surface area (Å²) in [4.78, 5) is 2.55. The highest BCUT2D eigenvalue weighted by molar-refractivity contribution is 5.28. The Bertz CT molecular complexity index is 216. The van der Waals surface area contributed by atoms with Gasteiger partial charge in [-0.1, -0.05) is 25.5 Å². The Kier molecular flexibility index (Phi) is 2.43. The molecule has 13 heavy (non-hydrogen) atoms. The van der Waals surface area contributed by atoms with Crippen LogP contribution in [0, 0.1) is 0 Å². The SMILES string of the molecule is CCC1=CCN(CC)C12CCOC2. The first-order valence-electron chi connectivity index (χ1n) is 5.36. The fourth-order valence-electron chi connectivity index (χ4n) is 2.75. The van der Waals surface area contributed by atoms with Gasteiger partial charge in [-0.2, -0.15) is 0 Å². The molecule has 2 aliphatic rings. The van der Waals surface area contributed by atoms with Crippen molar-refractivity contribution >= 4 is 0 Å². The van der Waals surface area contributed by atoms with Crippen LogP contribution in [0.25, 0.3) is 0 Å². The quantitative estimate of drug-likeness (QED) is 0.602. The molecule has 1 atom stereocenters. The fourth-order valence-corrected chi connectivity index (χ4v) is 2.75. The highest BCUT2D eigenvalue weighted by Crippen LogP contribution is 2.38. The van der Waals surface area contributed by atoms with Crippen LogP contribution in [0.2, 0.25) is 0 Å². The molecule has 2 heteroatoms. The maximum Gasteiger partial charge on any atom is 0.0690 e. The molecule has 0 amide bonds. The van der Waals surface area contributed by atoms with Gasteiger partial charge in [-0.25, -0.2) is 0 Å². The van der Waals surface area contributed by atoms with Crippen molar-refractivity contribution in [2.75, 3.05) is 26.3 Å². The van der Waals surface area contributed by atoms with E-state index in [4.69, 9.17) is 4.74 Å². The summed E-state index contributed by atoms with van der Waals surface area (Å²) >= 11 is 0. The molecule has 74 valence electrons. The molecule has 2 nitrogen and oxygen atoms in total. The molecule has 2 rings (SSSR count). The molecule has 2 heterocycles. The van der Waals surface area contributed by atoms with Crippen molar-refractivity contribution in [3.8, 4) is 0 Å². The van der Waals surface area contributed by atoms with Crippen molar-refractivity contribution in [2.24, 2.45) is 0 Å². The van der Waals surface area contributed by atoms with Gasteiger partial charge in [0, 0.05) is 13.2 Å². The standard InChI is InChI=1S/C11H19NO/c1-3-10-5-7-12(4-2)11(10)6-8-13-9-11/h5H,3-4,6-9H2,1-2H3. The van der Waals surface area contributed by atoms with Gasteiger partial charge < -0.3 is 4.74 Å². The highest BCUT2D eigenvalue weighted by Gasteiger charge is 2.44. The molecule has 1 unspecified atom stereocenters. The summed E-state index contributed by atoms with van der Waals surface area (Å²) in [5.41, 5.74) is 1.90. The van der Waals surface area contributed by atoms with Crippen LogP contribution in [0.15, 0.2) is 11.6 Å². The average Bonchev–Trinajstić information content (AvgIpc) is 2.75. The Morgan fingerprint density at radius 1 is 1.54 bits per heavy atom. The number of rotatable bonds is 2. The normalized spacial score (nSPS) is 34.5. The summed E-state index contributed by atoms with van der Waals surface area (Å²) in [6, 6.07) is 0. The van der Waals surface area contributed by atoms with Crippen LogP contribution in [0.1, 0.15) is 26.7 Å². The van der Waals surface area contributed by atoms with Crippen LogP contribution < -0.4 is 0 Å². The average molecular weight is 181 g/mol. The van der Waals surface area contributed by atoms with Crippen molar-refractivity contribution in [3.05, 3.63) is 11.6 Å². The van der Waals surface area contributed by atoms with Crippen molar-refractivity contribution in [1.29, 1.82) is 0 Å². The summed E-state index contributed by atoms with van der Waals surface area (Å²) in [6.07, 6.45) is 4.78. The first-order valence-corrected chi connectivity index (χ1v) is 5.36. The number of hydrogen-bond acceptors (Lipinski definition) is 2. The van der Waals surface area contributed by atoms with Crippen LogP contribution >= 0.6 is 0 Å². The van der Waals surface area contributed by atoms with Crippen molar-refractivity contribution in [3.63, 3.8) is 0 Å². The molecule has 0 radical (unpaired) electrons. The van der Waals surface area contributed by atoms with E-state index in [0.717, 1.165) is 26.3 Å². The lowest BCUT2D eigenvalue weighted by Gasteiger charge is -2.35. The summed E-state index contributed by atoms with van der Waals surface area (Å²) in [7, 11) is 0. The maximum absolute atomic E-state index is 5.56. The van der Waals surface area contributed by atoms with Gasteiger partial charge in [0.2, 0.25) is 0 Å². The van der Waals surface area contributed by atoms with Gasteiger partial charge in [-0.3, -0.25) is 4.90 Å². The topological polar surface area (TPSA) is 12.5 Å². The third-order valence-corrected chi connectivity index (χ3v) is 3.52. The minimum absolute atomic E-state index is 0.295. The molecule has 0 aromatic rings. The van der Waals surface area contributed by atoms with E-state index in [-0.39, 0.29) is 0 Å². The summed E-state index contributed by atoms with van der Waals surface area (Å²) in [6.45, 7) is 8.62. The van der Waals surface area contributed by atoms with Gasteiger partial charge in [0.05, 0.1) is 12.1 Å². The third kappa shape index (κ3) is 1.24. The lowest BCUT2D eigenvalue weighted by atomic mass is 9.88. The third-order valence-electron chi connectivity index (χ3n) is 3.52. The largest absolute Gasteiger partial charge is 0.379 e. The first-order chi connectivity index (χ1) is 6.33. The molecular weight excluding hydrogens is 162 g/mol. The van der Waals surface area contributed by atoms with Gasteiger partial charge in [0.1, 0.15) is 0 Å². The molecule has 0 aliphatic carbocycles. The van der Waals surface area contributed by atoms with E-state index in [1.165, 1.54) is 12.8 Å². The van der Waals surface area contributed by atoms with Crippen molar-refractivity contribution < 1.29 is 4.74 Å². The number of ether oxygens (including phenoxy) is 1. The second-order valence-corrected chi connectivity index (χ2v) is 3.96. The fraction of sp³-hybridized carbons (Fsp3) is 0.818. The maximum atomic E-state index is 5.56. The Morgan fingerprint density at radius 3 is 2.92 bits per heavy atom. The van der Waals surface area contributed by atoms with Gasteiger partial charge in [-0.05, 0) is 19.4 Å². The minimum Gasteiger partial charge on any atom is -0.379 e. The predicted molar refractivity (Wildman–Crippen MR) is 53.8 cm³/mol. The molecular formula is C11H19NO. The van der Waals surface area contributed by atoms with Crippen LogP contribution in [0.5, 0.6) is 0 Å². The molecule has 2 aliphatic heterocycles. The van der Waals surface area contributed by atoms with E-state index in [0.29, 0.717) is 5.54 Å². The van der Waals surface area contributed by atoms with Crippen LogP contribution in [0.4, 0.5) is 0 Å². The summed E-state index contributed by atoms with van der Waals surface area (Å²) in [5.74, 6) is 0. The molecule has 0 saturated carbocycles. The second kappa shape index (κ2) is 3.43. The smallest absolute Gasteiger partial charge is 0.0690 e. The van der Waals surface area contributed by atoms with Gasteiger partial charge in [0.25, 0.3) is 0 Å². The van der Waals surface area contributed by atoms with E-state index in [9.17, 15) is 0 Å². The van der Waals surface area contributed by atoms with E-state index in [2.05, 4.69) is 24.8 Å². The van der Waals surface area contributed by atoms with E-state index >= 15 is 0 Å². The molecule has 0 aromatic carbocycles. The van der Waals surface area contributed by atoms with Gasteiger partial charge in [0.15, 0.2) is 0 Å². The molecule has 1 fully saturated rings. The Hall–Kier alpha value is -0.340. The lowest BCUT2D eigenvalue weighted by Crippen LogP contribution is -2.46. The Labute approximate surface area is 80.6 Å². The molecule has 0 N–H and O–H groups in total.